The fourth-order valence-corrected chi connectivity index (χ4v) is 3.95. The number of nitrogens with zero attached hydrogens (tertiary/aromatic N) is 4. The molecule has 0 radical (unpaired) electrons. The van der Waals surface area contributed by atoms with Crippen molar-refractivity contribution in [2.75, 3.05) is 18.8 Å². The maximum atomic E-state index is 12.8. The Morgan fingerprint density at radius 3 is 3.04 bits per heavy atom. The number of piperidine rings is 1. The quantitative estimate of drug-likeness (QED) is 0.773. The molecule has 4 rings (SSSR count). The molecular formula is C21H25N5O. The maximum absolute atomic E-state index is 12.8. The molecule has 0 aliphatic carbocycles. The van der Waals surface area contributed by atoms with E-state index in [-0.39, 0.29) is 11.8 Å². The highest BCUT2D eigenvalue weighted by molar-refractivity contribution is 5.82. The van der Waals surface area contributed by atoms with Crippen molar-refractivity contribution in [1.82, 2.24) is 19.4 Å². The van der Waals surface area contributed by atoms with E-state index in [2.05, 4.69) is 11.9 Å². The summed E-state index contributed by atoms with van der Waals surface area (Å²) in [6.45, 7) is 3.86. The Morgan fingerprint density at radius 1 is 1.33 bits per heavy atom. The number of nitrogens with two attached hydrogens (primary N) is 1. The van der Waals surface area contributed by atoms with Gasteiger partial charge >= 0.3 is 0 Å². The molecule has 1 atom stereocenters. The Morgan fingerprint density at radius 2 is 2.19 bits per heavy atom. The van der Waals surface area contributed by atoms with Gasteiger partial charge in [-0.1, -0.05) is 25.1 Å². The summed E-state index contributed by atoms with van der Waals surface area (Å²) >= 11 is 0. The molecule has 0 bridgehead atoms. The lowest BCUT2D eigenvalue weighted by Crippen LogP contribution is -2.41. The van der Waals surface area contributed by atoms with E-state index < -0.39 is 0 Å². The van der Waals surface area contributed by atoms with E-state index in [0.717, 1.165) is 53.9 Å². The van der Waals surface area contributed by atoms with Crippen molar-refractivity contribution in [2.45, 2.75) is 38.6 Å². The predicted octanol–water partition coefficient (Wildman–Crippen LogP) is 2.98. The van der Waals surface area contributed by atoms with E-state index in [0.29, 0.717) is 13.1 Å². The minimum absolute atomic E-state index is 0.131. The number of fused-ring (bicyclic) bond motifs is 1. The summed E-state index contributed by atoms with van der Waals surface area (Å²) in [6.07, 6.45) is 6.42. The Hall–Kier alpha value is -2.89. The van der Waals surface area contributed by atoms with Gasteiger partial charge < -0.3 is 15.2 Å². The Bertz CT molecular complexity index is 964. The van der Waals surface area contributed by atoms with Crippen LogP contribution < -0.4 is 5.73 Å². The molecule has 0 unspecified atom stereocenters. The van der Waals surface area contributed by atoms with Crippen LogP contribution in [-0.4, -0.2) is 38.4 Å². The molecule has 27 heavy (non-hydrogen) atoms. The van der Waals surface area contributed by atoms with E-state index in [1.54, 1.807) is 6.20 Å². The van der Waals surface area contributed by atoms with E-state index >= 15 is 0 Å². The molecule has 1 aliphatic heterocycles. The zero-order chi connectivity index (χ0) is 18.8. The van der Waals surface area contributed by atoms with Gasteiger partial charge in [0.2, 0.25) is 5.91 Å². The number of nitrogen functional groups attached to an aromatic ring is 1. The van der Waals surface area contributed by atoms with Gasteiger partial charge in [-0.15, -0.1) is 0 Å². The second-order valence-electron chi connectivity index (χ2n) is 7.16. The van der Waals surface area contributed by atoms with Crippen LogP contribution in [0.1, 0.15) is 37.2 Å². The molecule has 0 spiro atoms. The van der Waals surface area contributed by atoms with Crippen molar-refractivity contribution in [3.8, 4) is 0 Å². The minimum atomic E-state index is 0.131. The Balaban J connectivity index is 1.52. The topological polar surface area (TPSA) is 77.0 Å². The number of hydrogen-bond acceptors (Lipinski definition) is 4. The van der Waals surface area contributed by atoms with Crippen LogP contribution in [0, 0.1) is 0 Å². The molecule has 1 amide bonds. The first-order valence-electron chi connectivity index (χ1n) is 9.58. The van der Waals surface area contributed by atoms with E-state index in [9.17, 15) is 4.79 Å². The van der Waals surface area contributed by atoms with Gasteiger partial charge in [0.15, 0.2) is 0 Å². The van der Waals surface area contributed by atoms with Gasteiger partial charge in [0.05, 0.1) is 16.9 Å². The average Bonchev–Trinajstić information content (AvgIpc) is 3.14. The molecule has 140 valence electrons. The van der Waals surface area contributed by atoms with Crippen LogP contribution in [0.3, 0.4) is 0 Å². The summed E-state index contributed by atoms with van der Waals surface area (Å²) in [4.78, 5) is 23.9. The Kier molecular flexibility index (Phi) is 4.79. The van der Waals surface area contributed by atoms with Gasteiger partial charge in [0, 0.05) is 43.2 Å². The predicted molar refractivity (Wildman–Crippen MR) is 106 cm³/mol. The number of imidazole rings is 1. The van der Waals surface area contributed by atoms with Gasteiger partial charge in [0.1, 0.15) is 12.4 Å². The van der Waals surface area contributed by atoms with Crippen molar-refractivity contribution in [1.29, 1.82) is 0 Å². The molecule has 1 aromatic carbocycles. The summed E-state index contributed by atoms with van der Waals surface area (Å²) in [5.74, 6) is 1.25. The lowest BCUT2D eigenvalue weighted by Gasteiger charge is -2.33. The van der Waals surface area contributed by atoms with E-state index in [1.165, 1.54) is 0 Å². The van der Waals surface area contributed by atoms with E-state index in [1.807, 2.05) is 46.0 Å². The van der Waals surface area contributed by atoms with Crippen LogP contribution in [-0.2, 0) is 17.8 Å². The molecule has 2 aromatic heterocycles. The zero-order valence-electron chi connectivity index (χ0n) is 15.6. The number of hydrogen-bond donors (Lipinski definition) is 1. The van der Waals surface area contributed by atoms with Gasteiger partial charge in [-0.05, 0) is 25.0 Å². The number of para-hydroxylation sites is 1. The fraction of sp³-hybridized carbons (Fsp3) is 0.381. The monoisotopic (exact) mass is 363 g/mol. The van der Waals surface area contributed by atoms with Crippen LogP contribution in [0.4, 0.5) is 5.69 Å². The van der Waals surface area contributed by atoms with Crippen LogP contribution in [0.15, 0.2) is 42.7 Å². The number of rotatable bonds is 4. The molecule has 2 N–H and O–H groups in total. The third-order valence-electron chi connectivity index (χ3n) is 5.37. The highest BCUT2D eigenvalue weighted by atomic mass is 16.2. The second-order valence-corrected chi connectivity index (χ2v) is 7.16. The van der Waals surface area contributed by atoms with Gasteiger partial charge in [-0.25, -0.2) is 4.98 Å². The standard InChI is InChI=1S/C21H25N5O/c1-2-19-23-9-11-25(19)14-20(27)26-10-5-7-16(13-26)21-17(22)12-15-6-3-4-8-18(15)24-21/h3-4,6,8-9,11-12,16H,2,5,7,10,13-14,22H2,1H3/t16-/m0/s1. The van der Waals surface area contributed by atoms with Crippen LogP contribution >= 0.6 is 0 Å². The molecule has 3 aromatic rings. The highest BCUT2D eigenvalue weighted by Gasteiger charge is 2.27. The molecule has 6 nitrogen and oxygen atoms in total. The number of aryl methyl sites for hydroxylation is 1. The number of anilines is 1. The smallest absolute Gasteiger partial charge is 0.242 e. The number of carbonyl (C=O) groups is 1. The first-order chi connectivity index (χ1) is 13.2. The van der Waals surface area contributed by atoms with Crippen molar-refractivity contribution in [2.24, 2.45) is 0 Å². The number of carbonyl (C=O) groups excluding carboxylic acids is 1. The third-order valence-corrected chi connectivity index (χ3v) is 5.37. The molecule has 1 saturated heterocycles. The molecule has 6 heteroatoms. The second kappa shape index (κ2) is 7.39. The molecule has 1 aliphatic rings. The first kappa shape index (κ1) is 17.5. The molecule has 1 fully saturated rings. The summed E-state index contributed by atoms with van der Waals surface area (Å²) in [7, 11) is 0. The largest absolute Gasteiger partial charge is 0.397 e. The minimum Gasteiger partial charge on any atom is -0.397 e. The van der Waals surface area contributed by atoms with Gasteiger partial charge in [0.25, 0.3) is 0 Å². The number of likely N-dealkylation sites (tertiary alicyclic amines) is 1. The fourth-order valence-electron chi connectivity index (χ4n) is 3.95. The highest BCUT2D eigenvalue weighted by Crippen LogP contribution is 2.31. The first-order valence-corrected chi connectivity index (χ1v) is 9.58. The molecular weight excluding hydrogens is 338 g/mol. The van der Waals surface area contributed by atoms with E-state index in [4.69, 9.17) is 10.7 Å². The number of benzene rings is 1. The van der Waals surface area contributed by atoms with Gasteiger partial charge in [-0.2, -0.15) is 0 Å². The molecule has 3 heterocycles. The lowest BCUT2D eigenvalue weighted by molar-refractivity contribution is -0.133. The number of aromatic nitrogens is 3. The summed E-state index contributed by atoms with van der Waals surface area (Å²) in [5, 5.41) is 1.05. The van der Waals surface area contributed by atoms with Crippen LogP contribution in [0.5, 0.6) is 0 Å². The zero-order valence-corrected chi connectivity index (χ0v) is 15.6. The lowest BCUT2D eigenvalue weighted by atomic mass is 9.92. The number of pyridine rings is 1. The van der Waals surface area contributed by atoms with Crippen molar-refractivity contribution in [3.05, 3.63) is 54.2 Å². The summed E-state index contributed by atoms with van der Waals surface area (Å²) < 4.78 is 1.94. The van der Waals surface area contributed by atoms with Gasteiger partial charge in [-0.3, -0.25) is 9.78 Å². The summed E-state index contributed by atoms with van der Waals surface area (Å²) in [6, 6.07) is 10.0. The Labute approximate surface area is 159 Å². The van der Waals surface area contributed by atoms with Crippen LogP contribution in [0.2, 0.25) is 0 Å². The maximum Gasteiger partial charge on any atom is 0.242 e. The normalized spacial score (nSPS) is 17.4. The average molecular weight is 363 g/mol. The SMILES string of the molecule is CCc1nccn1CC(=O)N1CCC[C@H](c2nc3ccccc3cc2N)C1. The summed E-state index contributed by atoms with van der Waals surface area (Å²) in [5.41, 5.74) is 8.90. The number of amides is 1. The van der Waals surface area contributed by atoms with Crippen LogP contribution in [0.25, 0.3) is 10.9 Å². The third kappa shape index (κ3) is 3.52. The van der Waals surface area contributed by atoms with Crippen molar-refractivity contribution < 1.29 is 4.79 Å². The van der Waals surface area contributed by atoms with Crippen molar-refractivity contribution >= 4 is 22.5 Å². The van der Waals surface area contributed by atoms with Crippen molar-refractivity contribution in [3.63, 3.8) is 0 Å². The molecule has 0 saturated carbocycles.